The van der Waals surface area contributed by atoms with E-state index in [-0.39, 0.29) is 42.7 Å². The van der Waals surface area contributed by atoms with Gasteiger partial charge in [0.15, 0.2) is 6.61 Å². The Kier molecular flexibility index (Phi) is 6.17. The quantitative estimate of drug-likeness (QED) is 0.922. The molecule has 1 fully saturated rings. The van der Waals surface area contributed by atoms with E-state index in [1.54, 1.807) is 4.90 Å². The molecule has 1 saturated heterocycles. The van der Waals surface area contributed by atoms with Crippen molar-refractivity contribution in [2.24, 2.45) is 5.73 Å². The minimum atomic E-state index is -0.333. The van der Waals surface area contributed by atoms with Gasteiger partial charge in [-0.05, 0) is 29.8 Å². The van der Waals surface area contributed by atoms with Crippen molar-refractivity contribution in [1.29, 1.82) is 0 Å². The lowest BCUT2D eigenvalue weighted by Gasteiger charge is -2.17. The Morgan fingerprint density at radius 1 is 1.12 bits per heavy atom. The molecule has 0 aliphatic carbocycles. The summed E-state index contributed by atoms with van der Waals surface area (Å²) >= 11 is 0. The molecule has 6 heteroatoms. The van der Waals surface area contributed by atoms with E-state index < -0.39 is 0 Å². The fourth-order valence-corrected chi connectivity index (χ4v) is 2.85. The number of amides is 1. The summed E-state index contributed by atoms with van der Waals surface area (Å²) in [5.41, 5.74) is 7.33. The molecule has 1 heterocycles. The zero-order valence-corrected chi connectivity index (χ0v) is 13.9. The maximum atomic E-state index is 12.8. The van der Waals surface area contributed by atoms with Gasteiger partial charge in [0.05, 0.1) is 0 Å². The van der Waals surface area contributed by atoms with Crippen LogP contribution >= 0.6 is 12.4 Å². The Labute approximate surface area is 146 Å². The summed E-state index contributed by atoms with van der Waals surface area (Å²) in [5, 5.41) is 0. The summed E-state index contributed by atoms with van der Waals surface area (Å²) in [6.07, 6.45) is 0. The number of hydrogen-bond acceptors (Lipinski definition) is 3. The molecule has 1 amide bonds. The van der Waals surface area contributed by atoms with Crippen molar-refractivity contribution in [2.75, 3.05) is 19.7 Å². The number of nitrogens with zero attached hydrogens (tertiary/aromatic N) is 1. The average molecular weight is 351 g/mol. The van der Waals surface area contributed by atoms with Gasteiger partial charge in [-0.1, -0.05) is 30.3 Å². The lowest BCUT2D eigenvalue weighted by Crippen LogP contribution is -2.35. The van der Waals surface area contributed by atoms with Crippen molar-refractivity contribution in [1.82, 2.24) is 4.90 Å². The van der Waals surface area contributed by atoms with Crippen LogP contribution in [0, 0.1) is 5.82 Å². The monoisotopic (exact) mass is 350 g/mol. The van der Waals surface area contributed by atoms with Gasteiger partial charge in [-0.15, -0.1) is 12.4 Å². The molecule has 0 saturated carbocycles. The highest BCUT2D eigenvalue weighted by molar-refractivity contribution is 5.85. The average Bonchev–Trinajstić information content (AvgIpc) is 2.97. The fraction of sp³-hybridized carbons (Fsp3) is 0.278. The lowest BCUT2D eigenvalue weighted by molar-refractivity contribution is -0.132. The maximum Gasteiger partial charge on any atom is 0.260 e. The molecule has 0 spiro atoms. The Hall–Kier alpha value is -2.11. The number of rotatable bonds is 4. The van der Waals surface area contributed by atoms with E-state index >= 15 is 0 Å². The molecule has 0 bridgehead atoms. The predicted octanol–water partition coefficient (Wildman–Crippen LogP) is 2.58. The minimum absolute atomic E-state index is 0. The molecule has 24 heavy (non-hydrogen) atoms. The smallest absolute Gasteiger partial charge is 0.260 e. The number of halogens is 2. The van der Waals surface area contributed by atoms with Crippen LogP contribution in [0.4, 0.5) is 4.39 Å². The van der Waals surface area contributed by atoms with Gasteiger partial charge >= 0.3 is 0 Å². The number of hydrogen-bond donors (Lipinski definition) is 1. The number of benzene rings is 2. The minimum Gasteiger partial charge on any atom is -0.484 e. The molecule has 1 aliphatic heterocycles. The van der Waals surface area contributed by atoms with Crippen LogP contribution in [0.3, 0.4) is 0 Å². The largest absolute Gasteiger partial charge is 0.484 e. The molecule has 3 rings (SSSR count). The Bertz CT molecular complexity index is 666. The zero-order chi connectivity index (χ0) is 16.2. The van der Waals surface area contributed by atoms with E-state index in [2.05, 4.69) is 0 Å². The molecular formula is C18H20ClFN2O2. The van der Waals surface area contributed by atoms with Crippen LogP contribution in [0.15, 0.2) is 54.6 Å². The number of likely N-dealkylation sites (tertiary alicyclic amines) is 1. The molecule has 4 nitrogen and oxygen atoms in total. The Morgan fingerprint density at radius 3 is 2.46 bits per heavy atom. The van der Waals surface area contributed by atoms with Crippen LogP contribution in [-0.4, -0.2) is 36.5 Å². The molecule has 2 aromatic carbocycles. The van der Waals surface area contributed by atoms with Crippen LogP contribution in [-0.2, 0) is 4.79 Å². The summed E-state index contributed by atoms with van der Waals surface area (Å²) in [6.45, 7) is 1.04. The molecular weight excluding hydrogens is 331 g/mol. The van der Waals surface area contributed by atoms with E-state index in [4.69, 9.17) is 10.5 Å². The number of ether oxygens (including phenoxy) is 1. The summed E-state index contributed by atoms with van der Waals surface area (Å²) in [4.78, 5) is 14.0. The highest BCUT2D eigenvalue weighted by Gasteiger charge is 2.33. The van der Waals surface area contributed by atoms with Gasteiger partial charge in [0.2, 0.25) is 0 Å². The van der Waals surface area contributed by atoms with Gasteiger partial charge in [-0.2, -0.15) is 0 Å². The second kappa shape index (κ2) is 8.13. The van der Waals surface area contributed by atoms with Gasteiger partial charge in [-0.25, -0.2) is 4.39 Å². The van der Waals surface area contributed by atoms with E-state index in [1.807, 2.05) is 30.3 Å². The van der Waals surface area contributed by atoms with E-state index in [9.17, 15) is 9.18 Å². The molecule has 1 aliphatic rings. The number of nitrogens with two attached hydrogens (primary N) is 1. The van der Waals surface area contributed by atoms with Crippen LogP contribution in [0.2, 0.25) is 0 Å². The highest BCUT2D eigenvalue weighted by atomic mass is 35.5. The molecule has 2 N–H and O–H groups in total. The molecule has 128 valence electrons. The molecule has 0 unspecified atom stereocenters. The van der Waals surface area contributed by atoms with Crippen molar-refractivity contribution >= 4 is 18.3 Å². The van der Waals surface area contributed by atoms with E-state index in [0.29, 0.717) is 18.8 Å². The third-order valence-electron chi connectivity index (χ3n) is 4.12. The predicted molar refractivity (Wildman–Crippen MR) is 92.9 cm³/mol. The maximum absolute atomic E-state index is 12.8. The third kappa shape index (κ3) is 4.24. The summed E-state index contributed by atoms with van der Waals surface area (Å²) in [6, 6.07) is 15.5. The SMILES string of the molecule is Cl.N[C@@H]1CN(C(=O)COc2ccc(F)cc2)C[C@H]1c1ccccc1. The first-order valence-corrected chi connectivity index (χ1v) is 7.60. The van der Waals surface area contributed by atoms with Crippen LogP contribution < -0.4 is 10.5 Å². The van der Waals surface area contributed by atoms with Crippen molar-refractivity contribution in [2.45, 2.75) is 12.0 Å². The number of carbonyl (C=O) groups is 1. The van der Waals surface area contributed by atoms with Crippen LogP contribution in [0.1, 0.15) is 11.5 Å². The first-order valence-electron chi connectivity index (χ1n) is 7.60. The van der Waals surface area contributed by atoms with Crippen molar-refractivity contribution in [3.63, 3.8) is 0 Å². The van der Waals surface area contributed by atoms with E-state index in [0.717, 1.165) is 5.56 Å². The molecule has 0 radical (unpaired) electrons. The first kappa shape index (κ1) is 18.2. The second-order valence-electron chi connectivity index (χ2n) is 5.72. The van der Waals surface area contributed by atoms with Crippen molar-refractivity contribution in [3.05, 3.63) is 66.0 Å². The highest BCUT2D eigenvalue weighted by Crippen LogP contribution is 2.26. The molecule has 0 aromatic heterocycles. The van der Waals surface area contributed by atoms with Gasteiger partial charge in [0.1, 0.15) is 11.6 Å². The van der Waals surface area contributed by atoms with Crippen LogP contribution in [0.5, 0.6) is 5.75 Å². The Morgan fingerprint density at radius 2 is 1.79 bits per heavy atom. The van der Waals surface area contributed by atoms with Crippen molar-refractivity contribution in [3.8, 4) is 5.75 Å². The van der Waals surface area contributed by atoms with Crippen LogP contribution in [0.25, 0.3) is 0 Å². The van der Waals surface area contributed by atoms with Gasteiger partial charge < -0.3 is 15.4 Å². The lowest BCUT2D eigenvalue weighted by atomic mass is 9.95. The zero-order valence-electron chi connectivity index (χ0n) is 13.1. The molecule has 2 atom stereocenters. The Balaban J connectivity index is 0.00000208. The fourth-order valence-electron chi connectivity index (χ4n) is 2.85. The number of carbonyl (C=O) groups excluding carboxylic acids is 1. The van der Waals surface area contributed by atoms with E-state index in [1.165, 1.54) is 24.3 Å². The summed E-state index contributed by atoms with van der Waals surface area (Å²) in [7, 11) is 0. The standard InChI is InChI=1S/C18H19FN2O2.ClH/c19-14-6-8-15(9-7-14)23-12-18(22)21-10-16(17(20)11-21)13-4-2-1-3-5-13;/h1-9,16-17H,10-12,20H2;1H/t16-,17+;/m0./s1. The topological polar surface area (TPSA) is 55.6 Å². The van der Waals surface area contributed by atoms with Crippen molar-refractivity contribution < 1.29 is 13.9 Å². The van der Waals surface area contributed by atoms with Gasteiger partial charge in [-0.3, -0.25) is 4.79 Å². The first-order chi connectivity index (χ1) is 11.1. The third-order valence-corrected chi connectivity index (χ3v) is 4.12. The molecule has 2 aromatic rings. The summed E-state index contributed by atoms with van der Waals surface area (Å²) in [5.74, 6) is 0.178. The van der Waals surface area contributed by atoms with Gasteiger partial charge in [0, 0.05) is 25.0 Å². The van der Waals surface area contributed by atoms with Gasteiger partial charge in [0.25, 0.3) is 5.91 Å². The second-order valence-corrected chi connectivity index (χ2v) is 5.72. The normalized spacial score (nSPS) is 19.7. The summed E-state index contributed by atoms with van der Waals surface area (Å²) < 4.78 is 18.2.